The highest BCUT2D eigenvalue weighted by atomic mass is 35.5. The Kier molecular flexibility index (Phi) is 9.14. The summed E-state index contributed by atoms with van der Waals surface area (Å²) in [5.41, 5.74) is 2.48. The maximum atomic E-state index is 13.5. The van der Waals surface area contributed by atoms with Gasteiger partial charge in [-0.05, 0) is 79.7 Å². The Hall–Kier alpha value is -0.943. The number of hydrogen-bond acceptors (Lipinski definition) is 1. The van der Waals surface area contributed by atoms with Crippen molar-refractivity contribution < 1.29 is 13.2 Å². The molecular formula is C23H30Cl2F2OSi. The number of aryl methyl sites for hydroxylation is 2. The molecule has 0 aliphatic heterocycles. The molecule has 0 saturated carbocycles. The lowest BCUT2D eigenvalue weighted by molar-refractivity contribution is 0.177. The molecule has 6 heteroatoms. The van der Waals surface area contributed by atoms with E-state index in [1.165, 1.54) is 12.1 Å². The minimum Gasteiger partial charge on any atom is -0.410 e. The molecule has 0 spiro atoms. The summed E-state index contributed by atoms with van der Waals surface area (Å²) in [5, 5.41) is 1.23. The maximum Gasteiger partial charge on any atom is 0.192 e. The third-order valence-corrected chi connectivity index (χ3v) is 11.0. The van der Waals surface area contributed by atoms with Crippen molar-refractivity contribution in [3.63, 3.8) is 0 Å². The van der Waals surface area contributed by atoms with E-state index in [-0.39, 0.29) is 6.10 Å². The lowest BCUT2D eigenvalue weighted by Gasteiger charge is -2.34. The Morgan fingerprint density at radius 2 is 1.41 bits per heavy atom. The standard InChI is InChI=1S/C23H30Cl2F2OSi/c1-5-29(6-2,7-3)28-22(23-20(24)11-16(4)12-21(23)25)10-8-9-17-13-18(26)15-19(27)14-17/h11-15,22H,5-10H2,1-4H3. The average molecular weight is 459 g/mol. The van der Waals surface area contributed by atoms with Gasteiger partial charge in [-0.2, -0.15) is 0 Å². The molecule has 0 radical (unpaired) electrons. The van der Waals surface area contributed by atoms with Crippen LogP contribution in [-0.2, 0) is 10.8 Å². The lowest BCUT2D eigenvalue weighted by atomic mass is 10.00. The molecule has 2 rings (SSSR count). The van der Waals surface area contributed by atoms with Crippen molar-refractivity contribution >= 4 is 31.5 Å². The van der Waals surface area contributed by atoms with E-state index < -0.39 is 20.0 Å². The maximum absolute atomic E-state index is 13.5. The zero-order chi connectivity index (χ0) is 21.6. The van der Waals surface area contributed by atoms with Crippen LogP contribution in [0.25, 0.3) is 0 Å². The van der Waals surface area contributed by atoms with Crippen molar-refractivity contribution in [2.45, 2.75) is 71.2 Å². The molecule has 1 atom stereocenters. The van der Waals surface area contributed by atoms with Crippen LogP contribution >= 0.6 is 23.2 Å². The molecule has 2 aromatic carbocycles. The molecule has 29 heavy (non-hydrogen) atoms. The first-order chi connectivity index (χ1) is 13.7. The first kappa shape index (κ1) is 24.3. The summed E-state index contributed by atoms with van der Waals surface area (Å²) < 4.78 is 33.8. The van der Waals surface area contributed by atoms with E-state index in [1.807, 2.05) is 19.1 Å². The largest absolute Gasteiger partial charge is 0.410 e. The second-order valence-corrected chi connectivity index (χ2v) is 13.2. The zero-order valence-electron chi connectivity index (χ0n) is 17.6. The number of hydrogen-bond donors (Lipinski definition) is 0. The van der Waals surface area contributed by atoms with E-state index in [0.29, 0.717) is 28.5 Å². The Morgan fingerprint density at radius 3 is 1.90 bits per heavy atom. The van der Waals surface area contributed by atoms with Gasteiger partial charge in [-0.25, -0.2) is 8.78 Å². The summed E-state index contributed by atoms with van der Waals surface area (Å²) in [7, 11) is -1.91. The normalized spacial score (nSPS) is 13.0. The minimum atomic E-state index is -1.91. The Labute approximate surface area is 184 Å². The smallest absolute Gasteiger partial charge is 0.192 e. The van der Waals surface area contributed by atoms with Gasteiger partial charge < -0.3 is 4.43 Å². The highest BCUT2D eigenvalue weighted by molar-refractivity contribution is 6.73. The first-order valence-electron chi connectivity index (χ1n) is 10.3. The predicted molar refractivity (Wildman–Crippen MR) is 122 cm³/mol. The van der Waals surface area contributed by atoms with E-state index in [0.717, 1.165) is 41.7 Å². The molecule has 0 N–H and O–H groups in total. The van der Waals surface area contributed by atoms with Crippen LogP contribution in [0.3, 0.4) is 0 Å². The molecule has 0 aliphatic rings. The molecule has 0 fully saturated rings. The third-order valence-electron chi connectivity index (χ3n) is 5.72. The van der Waals surface area contributed by atoms with Crippen LogP contribution in [0.15, 0.2) is 30.3 Å². The fraction of sp³-hybridized carbons (Fsp3) is 0.478. The quantitative estimate of drug-likeness (QED) is 0.323. The van der Waals surface area contributed by atoms with E-state index >= 15 is 0 Å². The summed E-state index contributed by atoms with van der Waals surface area (Å²) in [6.45, 7) is 8.51. The van der Waals surface area contributed by atoms with Crippen molar-refractivity contribution in [2.24, 2.45) is 0 Å². The Balaban J connectivity index is 2.27. The van der Waals surface area contributed by atoms with Gasteiger partial charge in [-0.1, -0.05) is 44.0 Å². The minimum absolute atomic E-state index is 0.222. The van der Waals surface area contributed by atoms with E-state index in [1.54, 1.807) is 0 Å². The summed E-state index contributed by atoms with van der Waals surface area (Å²) >= 11 is 13.2. The molecule has 1 unspecified atom stereocenters. The third kappa shape index (κ3) is 6.52. The van der Waals surface area contributed by atoms with Gasteiger partial charge in [0.25, 0.3) is 0 Å². The monoisotopic (exact) mass is 458 g/mol. The van der Waals surface area contributed by atoms with Crippen LogP contribution in [0, 0.1) is 18.6 Å². The fourth-order valence-corrected chi connectivity index (χ4v) is 7.51. The van der Waals surface area contributed by atoms with Gasteiger partial charge in [0.1, 0.15) is 11.6 Å². The summed E-state index contributed by atoms with van der Waals surface area (Å²) in [5.74, 6) is -1.10. The zero-order valence-corrected chi connectivity index (χ0v) is 20.1. The van der Waals surface area contributed by atoms with Gasteiger partial charge in [0.15, 0.2) is 8.32 Å². The second-order valence-electron chi connectivity index (χ2n) is 7.66. The van der Waals surface area contributed by atoms with E-state index in [9.17, 15) is 8.78 Å². The first-order valence-corrected chi connectivity index (χ1v) is 13.6. The molecule has 2 aromatic rings. The van der Waals surface area contributed by atoms with E-state index in [4.69, 9.17) is 27.6 Å². The predicted octanol–water partition coefficient (Wildman–Crippen LogP) is 8.67. The van der Waals surface area contributed by atoms with Gasteiger partial charge in [-0.3, -0.25) is 0 Å². The summed E-state index contributed by atoms with van der Waals surface area (Å²) in [6, 6.07) is 10.5. The van der Waals surface area contributed by atoms with Crippen LogP contribution in [0.4, 0.5) is 8.78 Å². The fourth-order valence-electron chi connectivity index (χ4n) is 3.83. The van der Waals surface area contributed by atoms with Gasteiger partial charge in [0.05, 0.1) is 6.10 Å². The molecular weight excluding hydrogens is 429 g/mol. The van der Waals surface area contributed by atoms with Crippen molar-refractivity contribution in [3.05, 3.63) is 68.7 Å². The van der Waals surface area contributed by atoms with Crippen LogP contribution in [0.2, 0.25) is 28.2 Å². The molecule has 0 amide bonds. The highest BCUT2D eigenvalue weighted by Crippen LogP contribution is 2.40. The molecule has 0 bridgehead atoms. The molecule has 0 heterocycles. The molecule has 0 saturated heterocycles. The highest BCUT2D eigenvalue weighted by Gasteiger charge is 2.33. The summed E-state index contributed by atoms with van der Waals surface area (Å²) in [6.07, 6.45) is 1.75. The van der Waals surface area contributed by atoms with Crippen LogP contribution in [0.5, 0.6) is 0 Å². The number of halogens is 4. The van der Waals surface area contributed by atoms with Gasteiger partial charge >= 0.3 is 0 Å². The van der Waals surface area contributed by atoms with Crippen LogP contribution < -0.4 is 0 Å². The molecule has 0 aliphatic carbocycles. The molecule has 0 aromatic heterocycles. The topological polar surface area (TPSA) is 9.23 Å². The average Bonchev–Trinajstić information content (AvgIpc) is 2.64. The Morgan fingerprint density at radius 1 is 0.897 bits per heavy atom. The van der Waals surface area contributed by atoms with Crippen LogP contribution in [0.1, 0.15) is 56.4 Å². The summed E-state index contributed by atoms with van der Waals surface area (Å²) in [4.78, 5) is 0. The van der Waals surface area contributed by atoms with Crippen LogP contribution in [-0.4, -0.2) is 8.32 Å². The molecule has 1 nitrogen and oxygen atoms in total. The second kappa shape index (κ2) is 10.9. The number of rotatable bonds is 10. The lowest BCUT2D eigenvalue weighted by Crippen LogP contribution is -2.37. The van der Waals surface area contributed by atoms with E-state index in [2.05, 4.69) is 20.8 Å². The van der Waals surface area contributed by atoms with Gasteiger partial charge in [-0.15, -0.1) is 0 Å². The SMILES string of the molecule is CC[Si](CC)(CC)OC(CCCc1cc(F)cc(F)c1)c1c(Cl)cc(C)cc1Cl. The number of benzene rings is 2. The van der Waals surface area contributed by atoms with Crippen molar-refractivity contribution in [3.8, 4) is 0 Å². The van der Waals surface area contributed by atoms with Gasteiger partial charge in [0.2, 0.25) is 0 Å². The van der Waals surface area contributed by atoms with Gasteiger partial charge in [0, 0.05) is 21.7 Å². The van der Waals surface area contributed by atoms with Crippen molar-refractivity contribution in [1.82, 2.24) is 0 Å². The van der Waals surface area contributed by atoms with Crippen molar-refractivity contribution in [2.75, 3.05) is 0 Å². The van der Waals surface area contributed by atoms with Crippen molar-refractivity contribution in [1.29, 1.82) is 0 Å². The Bertz CT molecular complexity index is 773. The molecule has 160 valence electrons.